The Morgan fingerprint density at radius 1 is 1.20 bits per heavy atom. The van der Waals surface area contributed by atoms with E-state index in [-0.39, 0.29) is 5.76 Å². The smallest absolute Gasteiger partial charge is 0.376 e. The van der Waals surface area contributed by atoms with Crippen LogP contribution in [0.15, 0.2) is 8.83 Å². The van der Waals surface area contributed by atoms with E-state index in [1.54, 1.807) is 0 Å². The predicted molar refractivity (Wildman–Crippen MR) is 73.8 cm³/mol. The summed E-state index contributed by atoms with van der Waals surface area (Å²) in [5, 5.41) is 0. The van der Waals surface area contributed by atoms with Crippen LogP contribution in [0.2, 0.25) is 0 Å². The van der Waals surface area contributed by atoms with Crippen molar-refractivity contribution in [3.05, 3.63) is 28.5 Å². The molecule has 0 aliphatic carbocycles. The van der Waals surface area contributed by atoms with E-state index >= 15 is 0 Å². The van der Waals surface area contributed by atoms with Crippen LogP contribution in [-0.4, -0.2) is 18.1 Å². The van der Waals surface area contributed by atoms with Gasteiger partial charge in [0.1, 0.15) is 11.5 Å². The lowest BCUT2D eigenvalue weighted by Crippen LogP contribution is -2.03. The highest BCUT2D eigenvalue weighted by molar-refractivity contribution is 5.88. The Bertz CT molecular complexity index is 637. The Balaban J connectivity index is 2.55. The van der Waals surface area contributed by atoms with Gasteiger partial charge in [0.25, 0.3) is 0 Å². The first kappa shape index (κ1) is 14.4. The van der Waals surface area contributed by atoms with Crippen molar-refractivity contribution in [3.63, 3.8) is 0 Å². The number of rotatable bonds is 4. The molecule has 2 rings (SSSR count). The van der Waals surface area contributed by atoms with Gasteiger partial charge in [-0.25, -0.2) is 9.78 Å². The highest BCUT2D eigenvalue weighted by atomic mass is 16.5. The van der Waals surface area contributed by atoms with E-state index in [0.717, 1.165) is 29.1 Å². The van der Waals surface area contributed by atoms with Crippen LogP contribution >= 0.6 is 0 Å². The summed E-state index contributed by atoms with van der Waals surface area (Å²) in [6.45, 7) is 7.72. The summed E-state index contributed by atoms with van der Waals surface area (Å²) in [7, 11) is 1.33. The number of ether oxygens (including phenoxy) is 1. The standard InChI is InChI=1S/C15H19NO4/c1-6-7-11-13(15(17)18-5)20-14(16-11)12-8(2)9(3)19-10(12)4/h6-7H2,1-5H3. The SMILES string of the molecule is CCCc1nc(-c2c(C)oc(C)c2C)oc1C(=O)OC. The average Bonchev–Trinajstić information content (AvgIpc) is 2.91. The van der Waals surface area contributed by atoms with Gasteiger partial charge in [-0.15, -0.1) is 0 Å². The number of hydrogen-bond donors (Lipinski definition) is 0. The molecule has 20 heavy (non-hydrogen) atoms. The molecular formula is C15H19NO4. The normalized spacial score (nSPS) is 10.8. The quantitative estimate of drug-likeness (QED) is 0.799. The monoisotopic (exact) mass is 277 g/mol. The van der Waals surface area contributed by atoms with E-state index in [0.29, 0.717) is 18.0 Å². The van der Waals surface area contributed by atoms with E-state index in [9.17, 15) is 4.79 Å². The maximum Gasteiger partial charge on any atom is 0.376 e. The van der Waals surface area contributed by atoms with Gasteiger partial charge in [0.05, 0.1) is 18.4 Å². The van der Waals surface area contributed by atoms with Crippen LogP contribution in [0.3, 0.4) is 0 Å². The molecule has 0 amide bonds. The third kappa shape index (κ3) is 2.35. The second-order valence-corrected chi connectivity index (χ2v) is 4.75. The van der Waals surface area contributed by atoms with Crippen molar-refractivity contribution in [1.29, 1.82) is 0 Å². The molecule has 0 saturated heterocycles. The molecule has 2 aromatic heterocycles. The second-order valence-electron chi connectivity index (χ2n) is 4.75. The molecule has 0 N–H and O–H groups in total. The second kappa shape index (κ2) is 5.53. The fourth-order valence-corrected chi connectivity index (χ4v) is 2.23. The van der Waals surface area contributed by atoms with Crippen molar-refractivity contribution in [1.82, 2.24) is 4.98 Å². The molecule has 0 radical (unpaired) electrons. The van der Waals surface area contributed by atoms with Gasteiger partial charge in [0.2, 0.25) is 11.7 Å². The molecule has 0 aliphatic rings. The highest BCUT2D eigenvalue weighted by Gasteiger charge is 2.24. The van der Waals surface area contributed by atoms with Crippen molar-refractivity contribution in [2.75, 3.05) is 7.11 Å². The number of nitrogens with zero attached hydrogens (tertiary/aromatic N) is 1. The number of carbonyl (C=O) groups excluding carboxylic acids is 1. The summed E-state index contributed by atoms with van der Waals surface area (Å²) in [6, 6.07) is 0. The Kier molecular flexibility index (Phi) is 3.97. The van der Waals surface area contributed by atoms with Gasteiger partial charge in [-0.05, 0) is 27.2 Å². The van der Waals surface area contributed by atoms with Gasteiger partial charge in [-0.2, -0.15) is 0 Å². The van der Waals surface area contributed by atoms with Crippen molar-refractivity contribution < 1.29 is 18.4 Å². The molecule has 5 heteroatoms. The fraction of sp³-hybridized carbons (Fsp3) is 0.467. The zero-order chi connectivity index (χ0) is 14.9. The number of hydrogen-bond acceptors (Lipinski definition) is 5. The molecule has 0 aromatic carbocycles. The maximum atomic E-state index is 11.7. The molecule has 0 saturated carbocycles. The van der Waals surface area contributed by atoms with Crippen LogP contribution in [0.4, 0.5) is 0 Å². The summed E-state index contributed by atoms with van der Waals surface area (Å²) in [5.41, 5.74) is 2.42. The number of aromatic nitrogens is 1. The first-order chi connectivity index (χ1) is 9.49. The summed E-state index contributed by atoms with van der Waals surface area (Å²) >= 11 is 0. The first-order valence-electron chi connectivity index (χ1n) is 6.64. The van der Waals surface area contributed by atoms with Gasteiger partial charge in [0, 0.05) is 5.56 Å². The average molecular weight is 277 g/mol. The van der Waals surface area contributed by atoms with Gasteiger partial charge in [-0.3, -0.25) is 0 Å². The minimum absolute atomic E-state index is 0.182. The van der Waals surface area contributed by atoms with Crippen molar-refractivity contribution >= 4 is 5.97 Å². The number of esters is 1. The fourth-order valence-electron chi connectivity index (χ4n) is 2.23. The van der Waals surface area contributed by atoms with Crippen LogP contribution in [0.1, 0.15) is 46.7 Å². The Labute approximate surface area is 117 Å². The van der Waals surface area contributed by atoms with E-state index in [2.05, 4.69) is 4.98 Å². The number of carbonyl (C=O) groups is 1. The van der Waals surface area contributed by atoms with Gasteiger partial charge < -0.3 is 13.6 Å². The molecular weight excluding hydrogens is 258 g/mol. The van der Waals surface area contributed by atoms with Crippen LogP contribution in [0, 0.1) is 20.8 Å². The van der Waals surface area contributed by atoms with Crippen LogP contribution in [0.5, 0.6) is 0 Å². The van der Waals surface area contributed by atoms with Crippen LogP contribution in [-0.2, 0) is 11.2 Å². The third-order valence-corrected chi connectivity index (χ3v) is 3.33. The first-order valence-corrected chi connectivity index (χ1v) is 6.64. The van der Waals surface area contributed by atoms with Crippen LogP contribution in [0.25, 0.3) is 11.5 Å². The van der Waals surface area contributed by atoms with Crippen molar-refractivity contribution in [2.45, 2.75) is 40.5 Å². The molecule has 0 atom stereocenters. The van der Waals surface area contributed by atoms with Gasteiger partial charge in [-0.1, -0.05) is 13.3 Å². The molecule has 0 aliphatic heterocycles. The lowest BCUT2D eigenvalue weighted by atomic mass is 10.1. The topological polar surface area (TPSA) is 65.5 Å². The van der Waals surface area contributed by atoms with E-state index in [4.69, 9.17) is 13.6 Å². The Hall–Kier alpha value is -2.04. The summed E-state index contributed by atoms with van der Waals surface area (Å²) in [5.74, 6) is 1.67. The number of aryl methyl sites for hydroxylation is 3. The molecule has 0 fully saturated rings. The summed E-state index contributed by atoms with van der Waals surface area (Å²) in [6.07, 6.45) is 1.54. The van der Waals surface area contributed by atoms with E-state index < -0.39 is 5.97 Å². The van der Waals surface area contributed by atoms with Crippen LogP contribution < -0.4 is 0 Å². The molecule has 0 unspecified atom stereocenters. The maximum absolute atomic E-state index is 11.7. The minimum atomic E-state index is -0.497. The summed E-state index contributed by atoms with van der Waals surface area (Å²) in [4.78, 5) is 16.2. The molecule has 108 valence electrons. The minimum Gasteiger partial charge on any atom is -0.466 e. The van der Waals surface area contributed by atoms with Gasteiger partial charge in [0.15, 0.2) is 0 Å². The van der Waals surface area contributed by atoms with Gasteiger partial charge >= 0.3 is 5.97 Å². The lowest BCUT2D eigenvalue weighted by molar-refractivity contribution is 0.0564. The molecule has 2 aromatic rings. The zero-order valence-corrected chi connectivity index (χ0v) is 12.5. The Morgan fingerprint density at radius 2 is 1.90 bits per heavy atom. The molecule has 0 spiro atoms. The van der Waals surface area contributed by atoms with E-state index in [1.807, 2.05) is 27.7 Å². The number of oxazole rings is 1. The Morgan fingerprint density at radius 3 is 2.40 bits per heavy atom. The largest absolute Gasteiger partial charge is 0.466 e. The van der Waals surface area contributed by atoms with Crippen molar-refractivity contribution in [3.8, 4) is 11.5 Å². The summed E-state index contributed by atoms with van der Waals surface area (Å²) < 4.78 is 16.0. The van der Waals surface area contributed by atoms with Crippen molar-refractivity contribution in [2.24, 2.45) is 0 Å². The third-order valence-electron chi connectivity index (χ3n) is 3.33. The molecule has 2 heterocycles. The predicted octanol–water partition coefficient (Wildman–Crippen LogP) is 3.60. The number of methoxy groups -OCH3 is 1. The lowest BCUT2D eigenvalue weighted by Gasteiger charge is -1.96. The van der Waals surface area contributed by atoms with E-state index in [1.165, 1.54) is 7.11 Å². The number of furan rings is 1. The molecule has 5 nitrogen and oxygen atoms in total. The highest BCUT2D eigenvalue weighted by Crippen LogP contribution is 2.32. The zero-order valence-electron chi connectivity index (χ0n) is 12.5. The molecule has 0 bridgehead atoms.